The Morgan fingerprint density at radius 3 is 2.78 bits per heavy atom. The molecule has 0 bridgehead atoms. The lowest BCUT2D eigenvalue weighted by Gasteiger charge is -2.36. The minimum atomic E-state index is -0.00793. The first-order valence-electron chi connectivity index (χ1n) is 7.87. The third kappa shape index (κ3) is 2.86. The van der Waals surface area contributed by atoms with Crippen molar-refractivity contribution >= 4 is 34.4 Å². The smallest absolute Gasteiger partial charge is 0.240 e. The van der Waals surface area contributed by atoms with Crippen molar-refractivity contribution in [3.63, 3.8) is 0 Å². The predicted molar refractivity (Wildman–Crippen MR) is 92.6 cm³/mol. The van der Waals surface area contributed by atoms with Gasteiger partial charge in [0.15, 0.2) is 0 Å². The van der Waals surface area contributed by atoms with Crippen LogP contribution in [0.4, 0.5) is 5.82 Å². The van der Waals surface area contributed by atoms with E-state index in [0.717, 1.165) is 54.5 Å². The first-order chi connectivity index (χ1) is 11.3. The van der Waals surface area contributed by atoms with Gasteiger partial charge >= 0.3 is 0 Å². The van der Waals surface area contributed by atoms with Crippen LogP contribution in [0.25, 0.3) is 10.9 Å². The summed E-state index contributed by atoms with van der Waals surface area (Å²) in [6.07, 6.45) is 1.62. The Hall–Kier alpha value is -1.86. The van der Waals surface area contributed by atoms with Crippen molar-refractivity contribution in [1.29, 1.82) is 0 Å². The van der Waals surface area contributed by atoms with Gasteiger partial charge in [-0.05, 0) is 12.1 Å². The summed E-state index contributed by atoms with van der Waals surface area (Å²) in [5, 5.41) is 4.33. The number of amides is 1. The van der Waals surface area contributed by atoms with Gasteiger partial charge in [-0.1, -0.05) is 12.1 Å². The molecule has 1 unspecified atom stereocenters. The second-order valence-electron chi connectivity index (χ2n) is 5.80. The maximum absolute atomic E-state index is 12.5. The molecule has 23 heavy (non-hydrogen) atoms. The van der Waals surface area contributed by atoms with Crippen molar-refractivity contribution in [2.45, 2.75) is 6.04 Å². The molecular weight excluding hydrogens is 310 g/mol. The van der Waals surface area contributed by atoms with Crippen molar-refractivity contribution in [1.82, 2.24) is 20.2 Å². The van der Waals surface area contributed by atoms with Crippen molar-refractivity contribution in [3.05, 3.63) is 30.6 Å². The standard InChI is InChI=1S/C16H19N5OS/c22-16(14-9-23-11-19-14)21-7-5-20(6-8-21)15-12-3-1-2-4-13(12)17-10-18-15/h1-4,10,14,19H,5-9,11H2. The summed E-state index contributed by atoms with van der Waals surface area (Å²) in [6, 6.07) is 8.05. The van der Waals surface area contributed by atoms with Crippen molar-refractivity contribution < 1.29 is 4.79 Å². The summed E-state index contributed by atoms with van der Waals surface area (Å²) in [4.78, 5) is 25.5. The molecule has 0 radical (unpaired) electrons. The minimum Gasteiger partial charge on any atom is -0.352 e. The van der Waals surface area contributed by atoms with Gasteiger partial charge in [0.1, 0.15) is 12.1 Å². The van der Waals surface area contributed by atoms with Crippen LogP contribution in [-0.2, 0) is 4.79 Å². The second kappa shape index (κ2) is 6.33. The summed E-state index contributed by atoms with van der Waals surface area (Å²) in [7, 11) is 0. The van der Waals surface area contributed by atoms with Gasteiger partial charge in [0.25, 0.3) is 0 Å². The Labute approximate surface area is 139 Å². The lowest BCUT2D eigenvalue weighted by atomic mass is 10.2. The number of aromatic nitrogens is 2. The van der Waals surface area contributed by atoms with Crippen LogP contribution in [0.5, 0.6) is 0 Å². The molecule has 2 aliphatic rings. The fourth-order valence-electron chi connectivity index (χ4n) is 3.16. The van der Waals surface area contributed by atoms with Crippen LogP contribution in [-0.4, -0.2) is 64.6 Å². The molecule has 6 nitrogen and oxygen atoms in total. The first-order valence-corrected chi connectivity index (χ1v) is 9.03. The topological polar surface area (TPSA) is 61.4 Å². The zero-order chi connectivity index (χ0) is 15.6. The number of hydrogen-bond acceptors (Lipinski definition) is 6. The average Bonchev–Trinajstić information content (AvgIpc) is 3.15. The van der Waals surface area contributed by atoms with Gasteiger partial charge in [0.2, 0.25) is 5.91 Å². The van der Waals surface area contributed by atoms with Crippen molar-refractivity contribution in [2.75, 3.05) is 42.7 Å². The second-order valence-corrected chi connectivity index (χ2v) is 6.83. The van der Waals surface area contributed by atoms with Gasteiger partial charge in [-0.3, -0.25) is 10.1 Å². The normalized spacial score (nSPS) is 21.8. The van der Waals surface area contributed by atoms with Crippen LogP contribution in [0.3, 0.4) is 0 Å². The SMILES string of the molecule is O=C(C1CSCN1)N1CCN(c2ncnc3ccccc23)CC1. The monoisotopic (exact) mass is 329 g/mol. The van der Waals surface area contributed by atoms with E-state index in [-0.39, 0.29) is 11.9 Å². The number of para-hydroxylation sites is 1. The number of rotatable bonds is 2. The third-order valence-corrected chi connectivity index (χ3v) is 5.37. The molecule has 0 spiro atoms. The maximum atomic E-state index is 12.5. The fraction of sp³-hybridized carbons (Fsp3) is 0.438. The Morgan fingerprint density at radius 1 is 1.17 bits per heavy atom. The molecule has 0 saturated carbocycles. The number of carbonyl (C=O) groups excluding carboxylic acids is 1. The van der Waals surface area contributed by atoms with E-state index >= 15 is 0 Å². The Balaban J connectivity index is 1.47. The van der Waals surface area contributed by atoms with E-state index in [2.05, 4.69) is 26.3 Å². The highest BCUT2D eigenvalue weighted by molar-refractivity contribution is 7.99. The zero-order valence-corrected chi connectivity index (χ0v) is 13.6. The number of anilines is 1. The molecule has 1 amide bonds. The van der Waals surface area contributed by atoms with Crippen LogP contribution in [0.15, 0.2) is 30.6 Å². The number of fused-ring (bicyclic) bond motifs is 1. The van der Waals surface area contributed by atoms with Gasteiger partial charge in [0, 0.05) is 43.2 Å². The number of piperazine rings is 1. The van der Waals surface area contributed by atoms with E-state index in [1.807, 2.05) is 23.1 Å². The molecule has 1 N–H and O–H groups in total. The van der Waals surface area contributed by atoms with Crippen molar-refractivity contribution in [2.24, 2.45) is 0 Å². The zero-order valence-electron chi connectivity index (χ0n) is 12.8. The molecule has 0 aliphatic carbocycles. The molecule has 2 saturated heterocycles. The number of benzene rings is 1. The highest BCUT2D eigenvalue weighted by Crippen LogP contribution is 2.24. The van der Waals surface area contributed by atoms with Crippen LogP contribution >= 0.6 is 11.8 Å². The average molecular weight is 329 g/mol. The lowest BCUT2D eigenvalue weighted by Crippen LogP contribution is -2.53. The highest BCUT2D eigenvalue weighted by Gasteiger charge is 2.30. The number of nitrogens with zero attached hydrogens (tertiary/aromatic N) is 4. The first kappa shape index (κ1) is 14.7. The third-order valence-electron chi connectivity index (χ3n) is 4.43. The summed E-state index contributed by atoms with van der Waals surface area (Å²) in [6.45, 7) is 3.12. The van der Waals surface area contributed by atoms with Crippen LogP contribution < -0.4 is 10.2 Å². The minimum absolute atomic E-state index is 0.00793. The molecule has 1 aromatic heterocycles. The highest BCUT2D eigenvalue weighted by atomic mass is 32.2. The molecule has 120 valence electrons. The van der Waals surface area contributed by atoms with Gasteiger partial charge in [-0.2, -0.15) is 0 Å². The van der Waals surface area contributed by atoms with Gasteiger partial charge in [0.05, 0.1) is 11.6 Å². The Morgan fingerprint density at radius 2 is 2.00 bits per heavy atom. The van der Waals surface area contributed by atoms with E-state index in [1.54, 1.807) is 18.1 Å². The van der Waals surface area contributed by atoms with Crippen LogP contribution in [0, 0.1) is 0 Å². The molecule has 2 aromatic rings. The van der Waals surface area contributed by atoms with Crippen LogP contribution in [0.1, 0.15) is 0 Å². The number of carbonyl (C=O) groups is 1. The fourth-order valence-corrected chi connectivity index (χ4v) is 4.09. The number of nitrogens with one attached hydrogen (secondary N) is 1. The molecule has 2 aliphatic heterocycles. The van der Waals surface area contributed by atoms with E-state index in [9.17, 15) is 4.79 Å². The van der Waals surface area contributed by atoms with Crippen molar-refractivity contribution in [3.8, 4) is 0 Å². The summed E-state index contributed by atoms with van der Waals surface area (Å²) in [5.41, 5.74) is 0.961. The summed E-state index contributed by atoms with van der Waals surface area (Å²) < 4.78 is 0. The predicted octanol–water partition coefficient (Wildman–Crippen LogP) is 0.941. The molecule has 7 heteroatoms. The summed E-state index contributed by atoms with van der Waals surface area (Å²) >= 11 is 1.79. The molecule has 2 fully saturated rings. The van der Waals surface area contributed by atoms with Crippen LogP contribution in [0.2, 0.25) is 0 Å². The van der Waals surface area contributed by atoms with Gasteiger partial charge < -0.3 is 9.80 Å². The van der Waals surface area contributed by atoms with E-state index in [0.29, 0.717) is 0 Å². The largest absolute Gasteiger partial charge is 0.352 e. The maximum Gasteiger partial charge on any atom is 0.240 e. The van der Waals surface area contributed by atoms with E-state index in [4.69, 9.17) is 0 Å². The molecule has 4 rings (SSSR count). The lowest BCUT2D eigenvalue weighted by molar-refractivity contribution is -0.132. The summed E-state index contributed by atoms with van der Waals surface area (Å²) in [5.74, 6) is 2.97. The quantitative estimate of drug-likeness (QED) is 0.885. The molecule has 3 heterocycles. The van der Waals surface area contributed by atoms with E-state index < -0.39 is 0 Å². The Bertz CT molecular complexity index is 705. The molecule has 1 atom stereocenters. The van der Waals surface area contributed by atoms with E-state index in [1.165, 1.54) is 0 Å². The van der Waals surface area contributed by atoms with Gasteiger partial charge in [-0.15, -0.1) is 11.8 Å². The van der Waals surface area contributed by atoms with Gasteiger partial charge in [-0.25, -0.2) is 9.97 Å². The molecular formula is C16H19N5OS. The number of thioether (sulfide) groups is 1. The Kier molecular flexibility index (Phi) is 4.05. The number of hydrogen-bond donors (Lipinski definition) is 1. The molecule has 1 aromatic carbocycles.